The Bertz CT molecular complexity index is 841. The molecule has 6 saturated heterocycles. The van der Waals surface area contributed by atoms with Crippen LogP contribution < -0.4 is 0 Å². The lowest BCUT2D eigenvalue weighted by Crippen LogP contribution is -2.58. The van der Waals surface area contributed by atoms with E-state index in [0.29, 0.717) is 36.1 Å². The first-order chi connectivity index (χ1) is 18.6. The maximum atomic E-state index is 7.28. The molecule has 0 aromatic heterocycles. The summed E-state index contributed by atoms with van der Waals surface area (Å²) in [6, 6.07) is 1.20. The highest BCUT2D eigenvalue weighted by Crippen LogP contribution is 2.50. The SMILES string of the molecule is CC(C)N1CCC2(CCC(C3CN(C(C)C)CC4(CCC(C5CCN(C(C)S)C6(CCCO6)C5)O4)C3)O2)CC1. The maximum Gasteiger partial charge on any atom is 0.123 e. The Morgan fingerprint density at radius 3 is 2.03 bits per heavy atom. The van der Waals surface area contributed by atoms with Crippen LogP contribution in [0.1, 0.15) is 105 Å². The number of rotatable bonds is 5. The summed E-state index contributed by atoms with van der Waals surface area (Å²) in [5.74, 6) is 1.18. The number of likely N-dealkylation sites (tertiary alicyclic amines) is 3. The molecule has 7 unspecified atom stereocenters. The van der Waals surface area contributed by atoms with Gasteiger partial charge in [-0.2, -0.15) is 12.6 Å². The average molecular weight is 564 g/mol. The van der Waals surface area contributed by atoms with Crippen molar-refractivity contribution in [3.63, 3.8) is 0 Å². The first-order valence-electron chi connectivity index (χ1n) is 16.5. The monoisotopic (exact) mass is 563 g/mol. The minimum atomic E-state index is -0.112. The Morgan fingerprint density at radius 2 is 1.38 bits per heavy atom. The van der Waals surface area contributed by atoms with Crippen molar-refractivity contribution in [3.8, 4) is 0 Å². The van der Waals surface area contributed by atoms with E-state index in [1.54, 1.807) is 0 Å². The van der Waals surface area contributed by atoms with Crippen LogP contribution in [0.4, 0.5) is 0 Å². The van der Waals surface area contributed by atoms with Gasteiger partial charge in [-0.15, -0.1) is 0 Å². The van der Waals surface area contributed by atoms with E-state index in [-0.39, 0.29) is 22.3 Å². The second kappa shape index (κ2) is 11.3. The Hall–Kier alpha value is 0.110. The van der Waals surface area contributed by atoms with E-state index in [1.807, 2.05) is 0 Å². The molecule has 0 N–H and O–H groups in total. The lowest BCUT2D eigenvalue weighted by atomic mass is 9.79. The summed E-state index contributed by atoms with van der Waals surface area (Å²) >= 11 is 4.83. The van der Waals surface area contributed by atoms with Crippen molar-refractivity contribution in [1.29, 1.82) is 0 Å². The molecule has 0 aliphatic carbocycles. The molecule has 6 aliphatic heterocycles. The van der Waals surface area contributed by atoms with Gasteiger partial charge in [-0.25, -0.2) is 0 Å². The minimum absolute atomic E-state index is 0.00432. The third-order valence-corrected chi connectivity index (χ3v) is 12.0. The molecule has 7 heteroatoms. The fourth-order valence-corrected chi connectivity index (χ4v) is 9.80. The molecule has 39 heavy (non-hydrogen) atoms. The van der Waals surface area contributed by atoms with Gasteiger partial charge >= 0.3 is 0 Å². The van der Waals surface area contributed by atoms with Gasteiger partial charge in [0.25, 0.3) is 0 Å². The molecule has 0 saturated carbocycles. The first kappa shape index (κ1) is 29.2. The van der Waals surface area contributed by atoms with Crippen LogP contribution in [0.25, 0.3) is 0 Å². The fourth-order valence-electron chi connectivity index (χ4n) is 9.47. The van der Waals surface area contributed by atoms with Crippen molar-refractivity contribution in [3.05, 3.63) is 0 Å². The zero-order valence-electron chi connectivity index (χ0n) is 25.6. The molecule has 0 bridgehead atoms. The van der Waals surface area contributed by atoms with Crippen LogP contribution >= 0.6 is 12.6 Å². The van der Waals surface area contributed by atoms with Gasteiger partial charge < -0.3 is 19.1 Å². The fraction of sp³-hybridized carbons (Fsp3) is 1.00. The molecule has 0 aromatic carbocycles. The highest BCUT2D eigenvalue weighted by atomic mass is 32.1. The molecule has 6 heterocycles. The van der Waals surface area contributed by atoms with Crippen LogP contribution in [-0.4, -0.2) is 101 Å². The van der Waals surface area contributed by atoms with Crippen LogP contribution in [0.15, 0.2) is 0 Å². The number of thiol groups is 1. The number of nitrogens with zero attached hydrogens (tertiary/aromatic N) is 3. The second-order valence-electron chi connectivity index (χ2n) is 14.8. The normalized spacial score (nSPS) is 43.1. The van der Waals surface area contributed by atoms with Crippen molar-refractivity contribution in [2.24, 2.45) is 11.8 Å². The molecule has 3 spiro atoms. The van der Waals surface area contributed by atoms with Gasteiger partial charge in [-0.1, -0.05) is 0 Å². The van der Waals surface area contributed by atoms with Crippen LogP contribution in [0.3, 0.4) is 0 Å². The van der Waals surface area contributed by atoms with Gasteiger partial charge in [0.15, 0.2) is 0 Å². The molecule has 6 nitrogen and oxygen atoms in total. The smallest absolute Gasteiger partial charge is 0.123 e. The van der Waals surface area contributed by atoms with Crippen LogP contribution in [0.5, 0.6) is 0 Å². The molecule has 6 rings (SSSR count). The van der Waals surface area contributed by atoms with E-state index < -0.39 is 0 Å². The zero-order chi connectivity index (χ0) is 27.4. The lowest BCUT2D eigenvalue weighted by Gasteiger charge is -2.50. The average Bonchev–Trinajstić information content (AvgIpc) is 3.64. The molecule has 224 valence electrons. The molecule has 0 aromatic rings. The summed E-state index contributed by atoms with van der Waals surface area (Å²) in [7, 11) is 0. The molecular weight excluding hydrogens is 506 g/mol. The lowest BCUT2D eigenvalue weighted by molar-refractivity contribution is -0.186. The molecule has 0 amide bonds. The van der Waals surface area contributed by atoms with Crippen molar-refractivity contribution in [2.75, 3.05) is 39.3 Å². The zero-order valence-corrected chi connectivity index (χ0v) is 26.5. The number of hydrogen-bond acceptors (Lipinski definition) is 7. The summed E-state index contributed by atoms with van der Waals surface area (Å²) in [6.45, 7) is 18.2. The van der Waals surface area contributed by atoms with E-state index in [9.17, 15) is 0 Å². The van der Waals surface area contributed by atoms with Crippen molar-refractivity contribution < 1.29 is 14.2 Å². The van der Waals surface area contributed by atoms with Gasteiger partial charge in [0, 0.05) is 57.3 Å². The van der Waals surface area contributed by atoms with Gasteiger partial charge in [0.2, 0.25) is 0 Å². The van der Waals surface area contributed by atoms with E-state index in [1.165, 1.54) is 77.4 Å². The van der Waals surface area contributed by atoms with E-state index in [2.05, 4.69) is 49.3 Å². The first-order valence-corrected chi connectivity index (χ1v) is 17.1. The highest BCUT2D eigenvalue weighted by Gasteiger charge is 2.55. The third kappa shape index (κ3) is 5.73. The molecule has 7 atom stereocenters. The predicted octanol–water partition coefficient (Wildman–Crippen LogP) is 5.55. The van der Waals surface area contributed by atoms with E-state index >= 15 is 0 Å². The van der Waals surface area contributed by atoms with Crippen molar-refractivity contribution >= 4 is 12.6 Å². The van der Waals surface area contributed by atoms with Crippen LogP contribution in [-0.2, 0) is 14.2 Å². The Balaban J connectivity index is 1.12. The summed E-state index contributed by atoms with van der Waals surface area (Å²) < 4.78 is 20.9. The Labute approximate surface area is 244 Å². The van der Waals surface area contributed by atoms with Crippen LogP contribution in [0.2, 0.25) is 0 Å². The number of ether oxygens (including phenoxy) is 3. The molecule has 6 aliphatic rings. The largest absolute Gasteiger partial charge is 0.371 e. The standard InChI is InChI=1S/C32H57N3O3S/c1-23(2)33-16-13-30(14-17-33)11-7-29(37-30)27-19-31(22-34(21-27)24(3)4)12-8-28(38-31)26-9-15-35(25(5)39)32(20-26)10-6-18-36-32/h23-29,39H,6-22H2,1-5H3. The van der Waals surface area contributed by atoms with Gasteiger partial charge in [-0.05, 0) is 111 Å². The number of piperidine rings is 3. The highest BCUT2D eigenvalue weighted by molar-refractivity contribution is 7.80. The predicted molar refractivity (Wildman–Crippen MR) is 160 cm³/mol. The molecule has 0 radical (unpaired) electrons. The van der Waals surface area contributed by atoms with E-state index in [0.717, 1.165) is 32.5 Å². The molecular formula is C32H57N3O3S. The Kier molecular flexibility index (Phi) is 8.47. The quantitative estimate of drug-likeness (QED) is 0.442. The topological polar surface area (TPSA) is 37.4 Å². The summed E-state index contributed by atoms with van der Waals surface area (Å²) in [5.41, 5.74) is 0.0190. The van der Waals surface area contributed by atoms with Gasteiger partial charge in [-0.3, -0.25) is 9.80 Å². The van der Waals surface area contributed by atoms with Crippen LogP contribution in [0, 0.1) is 11.8 Å². The maximum absolute atomic E-state index is 7.28. The third-order valence-electron chi connectivity index (χ3n) is 11.8. The van der Waals surface area contributed by atoms with Gasteiger partial charge in [0.05, 0.1) is 28.8 Å². The van der Waals surface area contributed by atoms with Crippen molar-refractivity contribution in [2.45, 2.75) is 152 Å². The van der Waals surface area contributed by atoms with Gasteiger partial charge in [0.1, 0.15) is 5.72 Å². The number of hydrogen-bond donors (Lipinski definition) is 1. The summed E-state index contributed by atoms with van der Waals surface area (Å²) in [4.78, 5) is 7.88. The Morgan fingerprint density at radius 1 is 0.718 bits per heavy atom. The summed E-state index contributed by atoms with van der Waals surface area (Å²) in [6.07, 6.45) is 13.9. The van der Waals surface area contributed by atoms with Crippen molar-refractivity contribution in [1.82, 2.24) is 14.7 Å². The second-order valence-corrected chi connectivity index (χ2v) is 15.6. The van der Waals surface area contributed by atoms with E-state index in [4.69, 9.17) is 26.8 Å². The minimum Gasteiger partial charge on any atom is -0.371 e. The summed E-state index contributed by atoms with van der Waals surface area (Å²) in [5, 5.41) is 0.242. The molecule has 6 fully saturated rings.